The Kier molecular flexibility index (Phi) is 3.84. The summed E-state index contributed by atoms with van der Waals surface area (Å²) in [4.78, 5) is 0. The number of rotatable bonds is 3. The number of ether oxygens (including phenoxy) is 2. The summed E-state index contributed by atoms with van der Waals surface area (Å²) in [5, 5.41) is 20.2. The van der Waals surface area contributed by atoms with Crippen molar-refractivity contribution < 1.29 is 19.7 Å². The van der Waals surface area contributed by atoms with Crippen molar-refractivity contribution in [3.8, 4) is 11.5 Å². The van der Waals surface area contributed by atoms with E-state index in [1.54, 1.807) is 20.3 Å². The van der Waals surface area contributed by atoms with Gasteiger partial charge in [0.15, 0.2) is 11.5 Å². The summed E-state index contributed by atoms with van der Waals surface area (Å²) in [6.45, 7) is 0. The second-order valence-corrected chi connectivity index (χ2v) is 5.38. The van der Waals surface area contributed by atoms with Gasteiger partial charge in [0.1, 0.15) is 0 Å². The van der Waals surface area contributed by atoms with E-state index in [-0.39, 0.29) is 0 Å². The summed E-state index contributed by atoms with van der Waals surface area (Å²) in [6, 6.07) is 3.57. The van der Waals surface area contributed by atoms with Gasteiger partial charge in [0, 0.05) is 12.0 Å². The molecule has 2 atom stereocenters. The Balaban J connectivity index is 2.46. The van der Waals surface area contributed by atoms with Crippen LogP contribution in [0.15, 0.2) is 16.6 Å². The van der Waals surface area contributed by atoms with Crippen molar-refractivity contribution >= 4 is 15.9 Å². The predicted molar refractivity (Wildman–Crippen MR) is 71.0 cm³/mol. The minimum atomic E-state index is -1.00. The average Bonchev–Trinajstić information content (AvgIpc) is 2.69. The molecule has 0 heterocycles. The largest absolute Gasteiger partial charge is 0.493 e. The van der Waals surface area contributed by atoms with Crippen LogP contribution < -0.4 is 9.47 Å². The number of hydrogen-bond donors (Lipinski definition) is 2. The van der Waals surface area contributed by atoms with E-state index in [1.165, 1.54) is 0 Å². The maximum atomic E-state index is 10.6. The van der Waals surface area contributed by atoms with Crippen LogP contribution in [0.4, 0.5) is 0 Å². The normalized spacial score (nSPS) is 27.3. The van der Waals surface area contributed by atoms with E-state index < -0.39 is 11.7 Å². The molecule has 1 fully saturated rings. The maximum Gasteiger partial charge on any atom is 0.175 e. The Morgan fingerprint density at radius 3 is 2.56 bits per heavy atom. The van der Waals surface area contributed by atoms with E-state index in [0.717, 1.165) is 5.56 Å². The van der Waals surface area contributed by atoms with Crippen LogP contribution in [0.1, 0.15) is 24.8 Å². The molecule has 1 aromatic carbocycles. The Bertz CT molecular complexity index is 449. The third-order valence-corrected chi connectivity index (χ3v) is 4.24. The van der Waals surface area contributed by atoms with Gasteiger partial charge in [0.05, 0.1) is 30.4 Å². The van der Waals surface area contributed by atoms with Crippen LogP contribution in [0.3, 0.4) is 0 Å². The molecule has 18 heavy (non-hydrogen) atoms. The van der Waals surface area contributed by atoms with Crippen molar-refractivity contribution in [2.45, 2.75) is 31.0 Å². The van der Waals surface area contributed by atoms with Crippen molar-refractivity contribution in [2.75, 3.05) is 14.2 Å². The van der Waals surface area contributed by atoms with Crippen molar-refractivity contribution in [3.63, 3.8) is 0 Å². The number of methoxy groups -OCH3 is 2. The molecular formula is C13H17BrO4. The molecule has 0 amide bonds. The van der Waals surface area contributed by atoms with Gasteiger partial charge in [-0.15, -0.1) is 0 Å². The zero-order valence-corrected chi connectivity index (χ0v) is 12.0. The Morgan fingerprint density at radius 1 is 1.33 bits per heavy atom. The minimum absolute atomic E-state index is 0.348. The van der Waals surface area contributed by atoms with Gasteiger partial charge in [0.25, 0.3) is 0 Å². The standard InChI is InChI=1S/C13H17BrO4/c1-17-10-4-3-9(11(14)12(10)18-2)13(16)6-5-8(15)7-13/h3-4,8,15-16H,5-7H2,1-2H3. The third kappa shape index (κ3) is 2.22. The van der Waals surface area contributed by atoms with Gasteiger partial charge in [-0.3, -0.25) is 0 Å². The van der Waals surface area contributed by atoms with E-state index in [9.17, 15) is 10.2 Å². The van der Waals surface area contributed by atoms with E-state index in [2.05, 4.69) is 15.9 Å². The molecule has 0 bridgehead atoms. The zero-order chi connectivity index (χ0) is 13.3. The summed E-state index contributed by atoms with van der Waals surface area (Å²) in [5.74, 6) is 1.17. The van der Waals surface area contributed by atoms with Crippen molar-refractivity contribution in [1.82, 2.24) is 0 Å². The van der Waals surface area contributed by atoms with Crippen LogP contribution in [0, 0.1) is 0 Å². The highest BCUT2D eigenvalue weighted by Gasteiger charge is 2.40. The van der Waals surface area contributed by atoms with Crippen LogP contribution >= 0.6 is 15.9 Å². The van der Waals surface area contributed by atoms with Gasteiger partial charge in [-0.05, 0) is 34.8 Å². The molecule has 100 valence electrons. The summed E-state index contributed by atoms with van der Waals surface area (Å²) in [7, 11) is 3.12. The molecule has 0 radical (unpaired) electrons. The lowest BCUT2D eigenvalue weighted by Gasteiger charge is -2.25. The highest BCUT2D eigenvalue weighted by Crippen LogP contribution is 2.47. The number of benzene rings is 1. The lowest BCUT2D eigenvalue weighted by molar-refractivity contribution is 0.0280. The summed E-state index contributed by atoms with van der Waals surface area (Å²) in [5.41, 5.74) is -0.269. The first-order valence-corrected chi connectivity index (χ1v) is 6.62. The first-order valence-electron chi connectivity index (χ1n) is 5.83. The lowest BCUT2D eigenvalue weighted by Crippen LogP contribution is -2.23. The number of aliphatic hydroxyl groups is 2. The van der Waals surface area contributed by atoms with E-state index in [0.29, 0.717) is 35.2 Å². The fraction of sp³-hybridized carbons (Fsp3) is 0.538. The monoisotopic (exact) mass is 316 g/mol. The number of halogens is 1. The second-order valence-electron chi connectivity index (χ2n) is 4.59. The molecule has 1 saturated carbocycles. The molecular weight excluding hydrogens is 300 g/mol. The van der Waals surface area contributed by atoms with Crippen molar-refractivity contribution in [1.29, 1.82) is 0 Å². The van der Waals surface area contributed by atoms with Gasteiger partial charge < -0.3 is 19.7 Å². The summed E-state index contributed by atoms with van der Waals surface area (Å²) >= 11 is 3.45. The van der Waals surface area contributed by atoms with Crippen LogP contribution in [-0.4, -0.2) is 30.5 Å². The number of aliphatic hydroxyl groups excluding tert-OH is 1. The van der Waals surface area contributed by atoms with Gasteiger partial charge in [-0.1, -0.05) is 6.07 Å². The van der Waals surface area contributed by atoms with Crippen molar-refractivity contribution in [3.05, 3.63) is 22.2 Å². The Morgan fingerprint density at radius 2 is 2.06 bits per heavy atom. The third-order valence-electron chi connectivity index (χ3n) is 3.45. The van der Waals surface area contributed by atoms with E-state index >= 15 is 0 Å². The molecule has 1 aliphatic carbocycles. The molecule has 2 N–H and O–H groups in total. The molecule has 2 unspecified atom stereocenters. The Labute approximate surface area is 115 Å². The van der Waals surface area contributed by atoms with Gasteiger partial charge in [-0.25, -0.2) is 0 Å². The lowest BCUT2D eigenvalue weighted by atomic mass is 9.92. The fourth-order valence-corrected chi connectivity index (χ4v) is 3.35. The van der Waals surface area contributed by atoms with Crippen molar-refractivity contribution in [2.24, 2.45) is 0 Å². The van der Waals surface area contributed by atoms with Gasteiger partial charge >= 0.3 is 0 Å². The SMILES string of the molecule is COc1ccc(C2(O)CCC(O)C2)c(Br)c1OC. The van der Waals surface area contributed by atoms with Crippen LogP contribution in [0.2, 0.25) is 0 Å². The molecule has 1 aromatic rings. The second kappa shape index (κ2) is 5.07. The predicted octanol–water partition coefficient (Wildman–Crippen LogP) is 2.20. The summed E-state index contributed by atoms with van der Waals surface area (Å²) in [6.07, 6.45) is 1.05. The van der Waals surface area contributed by atoms with Gasteiger partial charge in [0.2, 0.25) is 0 Å². The molecule has 0 saturated heterocycles. The van der Waals surface area contributed by atoms with E-state index in [4.69, 9.17) is 9.47 Å². The summed E-state index contributed by atoms with van der Waals surface area (Å²) < 4.78 is 11.2. The van der Waals surface area contributed by atoms with E-state index in [1.807, 2.05) is 6.07 Å². The molecule has 1 aliphatic rings. The minimum Gasteiger partial charge on any atom is -0.493 e. The molecule has 0 aliphatic heterocycles. The number of hydrogen-bond acceptors (Lipinski definition) is 4. The molecule has 4 nitrogen and oxygen atoms in total. The first-order chi connectivity index (χ1) is 8.51. The highest BCUT2D eigenvalue weighted by molar-refractivity contribution is 9.10. The maximum absolute atomic E-state index is 10.6. The molecule has 5 heteroatoms. The average molecular weight is 317 g/mol. The fourth-order valence-electron chi connectivity index (χ4n) is 2.49. The van der Waals surface area contributed by atoms with Crippen LogP contribution in [-0.2, 0) is 5.60 Å². The highest BCUT2D eigenvalue weighted by atomic mass is 79.9. The molecule has 0 aromatic heterocycles. The first kappa shape index (κ1) is 13.6. The smallest absolute Gasteiger partial charge is 0.175 e. The van der Waals surface area contributed by atoms with Crippen LogP contribution in [0.5, 0.6) is 11.5 Å². The van der Waals surface area contributed by atoms with Gasteiger partial charge in [-0.2, -0.15) is 0 Å². The molecule has 2 rings (SSSR count). The quantitative estimate of drug-likeness (QED) is 0.897. The molecule has 0 spiro atoms. The zero-order valence-electron chi connectivity index (χ0n) is 10.4. The topological polar surface area (TPSA) is 58.9 Å². The Hall–Kier alpha value is -0.780. The van der Waals surface area contributed by atoms with Crippen LogP contribution in [0.25, 0.3) is 0 Å².